The maximum Gasteiger partial charge on any atom is 0.363 e. The number of carbonyl (C=O) groups excluding carboxylic acids is 4. The standard InChI is InChI=1S/C13H15N5O10S2/c1-26-6(19)3-28-17-7(5-4-29-13(14)15-5)10(20)16-8-9(12(22)27-2)18(11(8)21)30(23,24)25/h4,8-9H,3H2,1-2H3,(H2,14,15)(H,16,20)(H,23,24,25)/b17-7-. The second-order valence-electron chi connectivity index (χ2n) is 5.39. The van der Waals surface area contributed by atoms with Crippen molar-refractivity contribution in [1.82, 2.24) is 14.6 Å². The average Bonchev–Trinajstić information content (AvgIpc) is 3.10. The summed E-state index contributed by atoms with van der Waals surface area (Å²) in [5.74, 6) is -4.43. The lowest BCUT2D eigenvalue weighted by atomic mass is 9.98. The Hall–Kier alpha value is -3.31. The van der Waals surface area contributed by atoms with Crippen molar-refractivity contribution >= 4 is 56.2 Å². The van der Waals surface area contributed by atoms with Crippen LogP contribution in [-0.2, 0) is 43.8 Å². The largest absolute Gasteiger partial charge is 0.467 e. The fourth-order valence-electron chi connectivity index (χ4n) is 2.23. The summed E-state index contributed by atoms with van der Waals surface area (Å²) in [6.07, 6.45) is 0. The molecule has 2 unspecified atom stereocenters. The smallest absolute Gasteiger partial charge is 0.363 e. The Morgan fingerprint density at radius 1 is 1.37 bits per heavy atom. The van der Waals surface area contributed by atoms with Gasteiger partial charge >= 0.3 is 22.2 Å². The number of anilines is 1. The highest BCUT2D eigenvalue weighted by Crippen LogP contribution is 2.25. The number of esters is 2. The van der Waals surface area contributed by atoms with Crippen molar-refractivity contribution in [1.29, 1.82) is 0 Å². The number of rotatable bonds is 8. The van der Waals surface area contributed by atoms with E-state index in [1.165, 1.54) is 5.38 Å². The van der Waals surface area contributed by atoms with Crippen molar-refractivity contribution in [3.63, 3.8) is 0 Å². The Morgan fingerprint density at radius 2 is 2.03 bits per heavy atom. The van der Waals surface area contributed by atoms with Crippen molar-refractivity contribution in [3.8, 4) is 0 Å². The number of amides is 2. The molecular formula is C13H15N5O10S2. The Morgan fingerprint density at radius 3 is 2.53 bits per heavy atom. The van der Waals surface area contributed by atoms with Gasteiger partial charge in [-0.1, -0.05) is 5.16 Å². The molecule has 17 heteroatoms. The molecule has 0 aromatic carbocycles. The minimum absolute atomic E-state index is 0.0585. The molecule has 2 rings (SSSR count). The minimum Gasteiger partial charge on any atom is -0.467 e. The zero-order chi connectivity index (χ0) is 22.6. The van der Waals surface area contributed by atoms with Crippen molar-refractivity contribution in [2.24, 2.45) is 5.16 Å². The van der Waals surface area contributed by atoms with E-state index in [4.69, 9.17) is 15.1 Å². The summed E-state index contributed by atoms with van der Waals surface area (Å²) in [6, 6.07) is -3.55. The Labute approximate surface area is 172 Å². The Bertz CT molecular complexity index is 1000. The van der Waals surface area contributed by atoms with E-state index in [9.17, 15) is 27.6 Å². The van der Waals surface area contributed by atoms with Crippen LogP contribution in [0.25, 0.3) is 0 Å². The molecule has 0 bridgehead atoms. The van der Waals surface area contributed by atoms with E-state index in [1.54, 1.807) is 0 Å². The average molecular weight is 465 g/mol. The molecule has 0 spiro atoms. The van der Waals surface area contributed by atoms with Gasteiger partial charge in [-0.3, -0.25) is 14.1 Å². The molecule has 30 heavy (non-hydrogen) atoms. The molecule has 0 radical (unpaired) electrons. The molecule has 0 aliphatic carbocycles. The minimum atomic E-state index is -5.09. The van der Waals surface area contributed by atoms with Gasteiger partial charge in [0, 0.05) is 5.38 Å². The summed E-state index contributed by atoms with van der Waals surface area (Å²) in [5, 5.41) is 6.94. The highest BCUT2D eigenvalue weighted by atomic mass is 32.2. The van der Waals surface area contributed by atoms with Crippen molar-refractivity contribution in [2.45, 2.75) is 12.1 Å². The maximum absolute atomic E-state index is 12.6. The lowest BCUT2D eigenvalue weighted by Crippen LogP contribution is -2.74. The zero-order valence-corrected chi connectivity index (χ0v) is 16.9. The van der Waals surface area contributed by atoms with Crippen LogP contribution in [0.3, 0.4) is 0 Å². The number of thiazole rings is 1. The van der Waals surface area contributed by atoms with Gasteiger partial charge in [-0.05, 0) is 0 Å². The van der Waals surface area contributed by atoms with Gasteiger partial charge in [0.2, 0.25) is 6.61 Å². The van der Waals surface area contributed by atoms with E-state index in [1.807, 2.05) is 0 Å². The summed E-state index contributed by atoms with van der Waals surface area (Å²) in [6.45, 7) is -0.656. The molecule has 2 atom stereocenters. The van der Waals surface area contributed by atoms with Crippen molar-refractivity contribution in [2.75, 3.05) is 26.6 Å². The van der Waals surface area contributed by atoms with Gasteiger partial charge in [0.25, 0.3) is 11.8 Å². The summed E-state index contributed by atoms with van der Waals surface area (Å²) in [5.41, 5.74) is 4.89. The van der Waals surface area contributed by atoms with E-state index < -0.39 is 58.5 Å². The van der Waals surface area contributed by atoms with Crippen LogP contribution >= 0.6 is 11.3 Å². The number of oxime groups is 1. The quantitative estimate of drug-likeness (QED) is 0.117. The number of aromatic nitrogens is 1. The first kappa shape index (κ1) is 23.0. The predicted octanol–water partition coefficient (Wildman–Crippen LogP) is -2.71. The van der Waals surface area contributed by atoms with Crippen LogP contribution in [-0.4, -0.2) is 84.6 Å². The van der Waals surface area contributed by atoms with E-state index in [0.717, 1.165) is 25.6 Å². The molecule has 1 saturated heterocycles. The molecule has 0 saturated carbocycles. The van der Waals surface area contributed by atoms with E-state index in [-0.39, 0.29) is 15.1 Å². The third kappa shape index (κ3) is 4.81. The number of methoxy groups -OCH3 is 2. The van der Waals surface area contributed by atoms with Crippen LogP contribution in [0.2, 0.25) is 0 Å². The second kappa shape index (κ2) is 9.01. The highest BCUT2D eigenvalue weighted by Gasteiger charge is 2.58. The number of nitrogens with one attached hydrogen (secondary N) is 1. The number of hydrogen-bond acceptors (Lipinski definition) is 13. The van der Waals surface area contributed by atoms with Gasteiger partial charge < -0.3 is 25.4 Å². The van der Waals surface area contributed by atoms with Crippen LogP contribution in [0, 0.1) is 0 Å². The SMILES string of the molecule is COC(=O)CO/N=C(\C(=O)NC1C(=O)N(S(=O)(=O)O)C1C(=O)OC)c1csc(N)n1. The van der Waals surface area contributed by atoms with Gasteiger partial charge in [0.05, 0.1) is 14.2 Å². The normalized spacial score (nSPS) is 19.0. The van der Waals surface area contributed by atoms with Crippen LogP contribution in [0.15, 0.2) is 10.5 Å². The first-order valence-corrected chi connectivity index (χ1v) is 9.96. The molecule has 1 fully saturated rings. The summed E-state index contributed by atoms with van der Waals surface area (Å²) in [4.78, 5) is 56.2. The molecule has 2 heterocycles. The van der Waals surface area contributed by atoms with E-state index >= 15 is 0 Å². The molecule has 1 aliphatic heterocycles. The second-order valence-corrected chi connectivity index (χ2v) is 7.57. The first-order valence-electron chi connectivity index (χ1n) is 7.68. The van der Waals surface area contributed by atoms with E-state index in [2.05, 4.69) is 24.9 Å². The fourth-order valence-corrected chi connectivity index (χ4v) is 3.62. The topological polar surface area (TPSA) is 217 Å². The maximum atomic E-state index is 12.6. The number of hydrogen-bond donors (Lipinski definition) is 3. The number of ether oxygens (including phenoxy) is 2. The molecule has 1 aromatic heterocycles. The third-order valence-electron chi connectivity index (χ3n) is 3.58. The third-order valence-corrected chi connectivity index (χ3v) is 5.15. The lowest BCUT2D eigenvalue weighted by Gasteiger charge is -2.41. The first-order chi connectivity index (χ1) is 14.0. The fraction of sp³-hybridized carbons (Fsp3) is 0.385. The van der Waals surface area contributed by atoms with Gasteiger partial charge in [-0.2, -0.15) is 12.7 Å². The number of carbonyl (C=O) groups is 4. The van der Waals surface area contributed by atoms with Gasteiger partial charge in [-0.25, -0.2) is 14.6 Å². The predicted molar refractivity (Wildman–Crippen MR) is 97.2 cm³/mol. The molecule has 1 aromatic rings. The van der Waals surface area contributed by atoms with Gasteiger partial charge in [0.15, 0.2) is 16.9 Å². The molecule has 1 aliphatic rings. The molecule has 2 amide bonds. The van der Waals surface area contributed by atoms with Crippen molar-refractivity contribution in [3.05, 3.63) is 11.1 Å². The lowest BCUT2D eigenvalue weighted by molar-refractivity contribution is -0.162. The molecule has 4 N–H and O–H groups in total. The number of nitrogens with zero attached hydrogens (tertiary/aromatic N) is 3. The van der Waals surface area contributed by atoms with Crippen LogP contribution in [0.4, 0.5) is 5.13 Å². The summed E-state index contributed by atoms with van der Waals surface area (Å²) >= 11 is 0.943. The number of β-lactam (4-membered cyclic amide) rings is 1. The molecule has 15 nitrogen and oxygen atoms in total. The number of nitrogens with two attached hydrogens (primary N) is 1. The zero-order valence-electron chi connectivity index (χ0n) is 15.3. The van der Waals surface area contributed by atoms with E-state index in [0.29, 0.717) is 0 Å². The number of nitrogen functional groups attached to an aromatic ring is 1. The van der Waals surface area contributed by atoms with Crippen molar-refractivity contribution < 1.29 is 46.5 Å². The summed E-state index contributed by atoms with van der Waals surface area (Å²) < 4.78 is 40.3. The van der Waals surface area contributed by atoms with Crippen LogP contribution in [0.5, 0.6) is 0 Å². The van der Waals surface area contributed by atoms with Crippen LogP contribution < -0.4 is 11.1 Å². The van der Waals surface area contributed by atoms with Gasteiger partial charge in [0.1, 0.15) is 11.7 Å². The van der Waals surface area contributed by atoms with Crippen LogP contribution in [0.1, 0.15) is 5.69 Å². The Balaban J connectivity index is 2.27. The molecule has 164 valence electrons. The molecular weight excluding hydrogens is 450 g/mol. The highest BCUT2D eigenvalue weighted by molar-refractivity contribution is 7.84. The monoisotopic (exact) mass is 465 g/mol. The summed E-state index contributed by atoms with van der Waals surface area (Å²) in [7, 11) is -3.07. The Kier molecular flexibility index (Phi) is 6.90. The van der Waals surface area contributed by atoms with Gasteiger partial charge in [-0.15, -0.1) is 11.3 Å².